The van der Waals surface area contributed by atoms with Gasteiger partial charge in [-0.25, -0.2) is 0 Å². The van der Waals surface area contributed by atoms with E-state index in [4.69, 9.17) is 0 Å². The van der Waals surface area contributed by atoms with Gasteiger partial charge in [0.15, 0.2) is 0 Å². The van der Waals surface area contributed by atoms with Gasteiger partial charge in [-0.3, -0.25) is 0 Å². The second-order valence-electron chi connectivity index (χ2n) is 5.98. The third kappa shape index (κ3) is 2.43. The molecule has 0 heterocycles. The SMILES string of the molecule is OCC1CCCC2CCCC1(CO)CCC2. The summed E-state index contributed by atoms with van der Waals surface area (Å²) in [6.45, 7) is 0.550. The van der Waals surface area contributed by atoms with Crippen LogP contribution < -0.4 is 0 Å². The molecule has 1 atom stereocenters. The van der Waals surface area contributed by atoms with Crippen LogP contribution in [-0.2, 0) is 0 Å². The largest absolute Gasteiger partial charge is 0.396 e. The van der Waals surface area contributed by atoms with Gasteiger partial charge in [0.1, 0.15) is 0 Å². The molecule has 1 unspecified atom stereocenters. The first kappa shape index (κ1) is 12.4. The molecule has 3 rings (SSSR count). The van der Waals surface area contributed by atoms with Crippen molar-refractivity contribution in [3.05, 3.63) is 0 Å². The van der Waals surface area contributed by atoms with Gasteiger partial charge in [-0.15, -0.1) is 0 Å². The molecule has 16 heavy (non-hydrogen) atoms. The molecule has 3 saturated carbocycles. The fourth-order valence-electron chi connectivity index (χ4n) is 3.98. The highest BCUT2D eigenvalue weighted by Crippen LogP contribution is 2.45. The number of aliphatic hydroxyl groups excluding tert-OH is 2. The van der Waals surface area contributed by atoms with Gasteiger partial charge in [-0.05, 0) is 36.5 Å². The second kappa shape index (κ2) is 5.50. The molecule has 0 spiro atoms. The van der Waals surface area contributed by atoms with E-state index in [1.807, 2.05) is 0 Å². The zero-order valence-corrected chi connectivity index (χ0v) is 10.3. The Labute approximate surface area is 99.1 Å². The number of fused-ring (bicyclic) bond motifs is 7. The molecular formula is C14H26O2. The van der Waals surface area contributed by atoms with Crippen LogP contribution >= 0.6 is 0 Å². The smallest absolute Gasteiger partial charge is 0.0490 e. The maximum Gasteiger partial charge on any atom is 0.0490 e. The van der Waals surface area contributed by atoms with Crippen LogP contribution in [0.5, 0.6) is 0 Å². The van der Waals surface area contributed by atoms with Crippen LogP contribution in [0.15, 0.2) is 0 Å². The van der Waals surface area contributed by atoms with Gasteiger partial charge in [0.25, 0.3) is 0 Å². The van der Waals surface area contributed by atoms with Crippen LogP contribution in [0.25, 0.3) is 0 Å². The quantitative estimate of drug-likeness (QED) is 0.760. The van der Waals surface area contributed by atoms with Crippen LogP contribution in [-0.4, -0.2) is 23.4 Å². The fourth-order valence-corrected chi connectivity index (χ4v) is 3.98. The zero-order valence-electron chi connectivity index (χ0n) is 10.3. The summed E-state index contributed by atoms with van der Waals surface area (Å²) < 4.78 is 0. The van der Waals surface area contributed by atoms with E-state index in [0.717, 1.165) is 25.2 Å². The van der Waals surface area contributed by atoms with Gasteiger partial charge in [0.05, 0.1) is 0 Å². The Morgan fingerprint density at radius 2 is 1.50 bits per heavy atom. The molecule has 0 aliphatic heterocycles. The molecule has 0 radical (unpaired) electrons. The topological polar surface area (TPSA) is 40.5 Å². The third-order valence-electron chi connectivity index (χ3n) is 5.14. The van der Waals surface area contributed by atoms with Crippen LogP contribution in [0.3, 0.4) is 0 Å². The van der Waals surface area contributed by atoms with E-state index in [1.54, 1.807) is 0 Å². The molecule has 3 fully saturated rings. The lowest BCUT2D eigenvalue weighted by atomic mass is 9.67. The van der Waals surface area contributed by atoms with Gasteiger partial charge >= 0.3 is 0 Å². The molecule has 2 heteroatoms. The van der Waals surface area contributed by atoms with Crippen molar-refractivity contribution >= 4 is 0 Å². The number of rotatable bonds is 2. The molecule has 2 nitrogen and oxygen atoms in total. The monoisotopic (exact) mass is 226 g/mol. The molecule has 0 aromatic heterocycles. The Bertz CT molecular complexity index is 202. The number of hydrogen-bond acceptors (Lipinski definition) is 2. The van der Waals surface area contributed by atoms with Crippen LogP contribution in [0.2, 0.25) is 0 Å². The average Bonchev–Trinajstić information content (AvgIpc) is 2.41. The van der Waals surface area contributed by atoms with Crippen LogP contribution in [0.1, 0.15) is 57.8 Å². The van der Waals surface area contributed by atoms with E-state index < -0.39 is 0 Å². The first-order valence-electron chi connectivity index (χ1n) is 7.02. The molecule has 2 N–H and O–H groups in total. The molecule has 0 saturated heterocycles. The Kier molecular flexibility index (Phi) is 4.26. The van der Waals surface area contributed by atoms with Gasteiger partial charge in [-0.2, -0.15) is 0 Å². The summed E-state index contributed by atoms with van der Waals surface area (Å²) in [5.41, 5.74) is 0.0457. The minimum Gasteiger partial charge on any atom is -0.396 e. The number of aliphatic hydroxyl groups is 2. The number of hydrogen-bond donors (Lipinski definition) is 2. The molecular weight excluding hydrogens is 200 g/mol. The van der Waals surface area contributed by atoms with E-state index in [0.29, 0.717) is 5.92 Å². The van der Waals surface area contributed by atoms with Crippen molar-refractivity contribution in [3.8, 4) is 0 Å². The van der Waals surface area contributed by atoms with E-state index in [2.05, 4.69) is 0 Å². The first-order chi connectivity index (χ1) is 7.80. The van der Waals surface area contributed by atoms with Crippen molar-refractivity contribution in [2.45, 2.75) is 57.8 Å². The third-order valence-corrected chi connectivity index (χ3v) is 5.14. The highest BCUT2D eigenvalue weighted by atomic mass is 16.3. The van der Waals surface area contributed by atoms with E-state index in [1.165, 1.54) is 38.5 Å². The van der Waals surface area contributed by atoms with Crippen molar-refractivity contribution in [1.82, 2.24) is 0 Å². The summed E-state index contributed by atoms with van der Waals surface area (Å²) >= 11 is 0. The Morgan fingerprint density at radius 3 is 2.06 bits per heavy atom. The first-order valence-corrected chi connectivity index (χ1v) is 7.02. The Morgan fingerprint density at radius 1 is 0.875 bits per heavy atom. The van der Waals surface area contributed by atoms with Gasteiger partial charge in [-0.1, -0.05) is 38.5 Å². The maximum absolute atomic E-state index is 9.79. The summed E-state index contributed by atoms with van der Waals surface area (Å²) in [6.07, 6.45) is 11.2. The molecule has 2 bridgehead atoms. The minimum absolute atomic E-state index is 0.0457. The molecule has 3 aliphatic rings. The zero-order chi connectivity index (χ0) is 11.4. The van der Waals surface area contributed by atoms with Gasteiger partial charge < -0.3 is 10.2 Å². The summed E-state index contributed by atoms with van der Waals surface area (Å²) in [5.74, 6) is 1.27. The minimum atomic E-state index is 0.0457. The van der Waals surface area contributed by atoms with E-state index >= 15 is 0 Å². The van der Waals surface area contributed by atoms with Crippen molar-refractivity contribution in [2.75, 3.05) is 13.2 Å². The van der Waals surface area contributed by atoms with E-state index in [9.17, 15) is 10.2 Å². The lowest BCUT2D eigenvalue weighted by Gasteiger charge is -2.39. The summed E-state index contributed by atoms with van der Waals surface area (Å²) in [4.78, 5) is 0. The van der Waals surface area contributed by atoms with Crippen molar-refractivity contribution in [3.63, 3.8) is 0 Å². The van der Waals surface area contributed by atoms with Crippen LogP contribution in [0, 0.1) is 17.3 Å². The lowest BCUT2D eigenvalue weighted by molar-refractivity contribution is 0.00301. The van der Waals surface area contributed by atoms with Crippen LogP contribution in [0.4, 0.5) is 0 Å². The second-order valence-corrected chi connectivity index (χ2v) is 5.98. The van der Waals surface area contributed by atoms with Crippen molar-refractivity contribution < 1.29 is 10.2 Å². The molecule has 3 aliphatic carbocycles. The summed E-state index contributed by atoms with van der Waals surface area (Å²) in [5, 5.41) is 19.4. The fraction of sp³-hybridized carbons (Fsp3) is 1.00. The van der Waals surface area contributed by atoms with E-state index in [-0.39, 0.29) is 18.6 Å². The molecule has 0 amide bonds. The lowest BCUT2D eigenvalue weighted by Crippen LogP contribution is -2.37. The summed E-state index contributed by atoms with van der Waals surface area (Å²) in [7, 11) is 0. The normalized spacial score (nSPS) is 40.9. The molecule has 0 aromatic carbocycles. The molecule has 0 aromatic rings. The predicted molar refractivity (Wildman–Crippen MR) is 65.1 cm³/mol. The Hall–Kier alpha value is -0.0800. The highest BCUT2D eigenvalue weighted by Gasteiger charge is 2.39. The average molecular weight is 226 g/mol. The standard InChI is InChI=1S/C14H26O2/c15-10-13-7-1-4-12-5-2-8-14(13,11-16)9-3-6-12/h12-13,15-16H,1-11H2. The van der Waals surface area contributed by atoms with Crippen molar-refractivity contribution in [1.29, 1.82) is 0 Å². The highest BCUT2D eigenvalue weighted by molar-refractivity contribution is 4.89. The van der Waals surface area contributed by atoms with Crippen molar-refractivity contribution in [2.24, 2.45) is 17.3 Å². The maximum atomic E-state index is 9.79. The summed E-state index contributed by atoms with van der Waals surface area (Å²) in [6, 6.07) is 0. The predicted octanol–water partition coefficient (Wildman–Crippen LogP) is 2.73. The molecule has 94 valence electrons. The van der Waals surface area contributed by atoms with Gasteiger partial charge in [0.2, 0.25) is 0 Å². The van der Waals surface area contributed by atoms with Gasteiger partial charge in [0, 0.05) is 13.2 Å². The Balaban J connectivity index is 2.19.